The van der Waals surface area contributed by atoms with Crippen molar-refractivity contribution in [2.75, 3.05) is 26.2 Å². The first-order chi connectivity index (χ1) is 5.72. The molecule has 0 aromatic heterocycles. The van der Waals surface area contributed by atoms with E-state index in [1.165, 1.54) is 6.42 Å². The van der Waals surface area contributed by atoms with Crippen molar-refractivity contribution < 1.29 is 4.74 Å². The van der Waals surface area contributed by atoms with Gasteiger partial charge in [0.1, 0.15) is 5.72 Å². The number of hydrogen-bond donors (Lipinski definition) is 1. The van der Waals surface area contributed by atoms with Gasteiger partial charge in [-0.2, -0.15) is 0 Å². The summed E-state index contributed by atoms with van der Waals surface area (Å²) in [4.78, 5) is 2.48. The third-order valence-corrected chi connectivity index (χ3v) is 2.92. The summed E-state index contributed by atoms with van der Waals surface area (Å²) in [6, 6.07) is 0.646. The third kappa shape index (κ3) is 1.37. The molecular weight excluding hydrogens is 152 g/mol. The van der Waals surface area contributed by atoms with Crippen molar-refractivity contribution in [2.45, 2.75) is 32.0 Å². The van der Waals surface area contributed by atoms with Gasteiger partial charge in [0, 0.05) is 32.1 Å². The molecule has 12 heavy (non-hydrogen) atoms. The molecule has 0 radical (unpaired) electrons. The summed E-state index contributed by atoms with van der Waals surface area (Å²) >= 11 is 0. The Labute approximate surface area is 74.1 Å². The van der Waals surface area contributed by atoms with Crippen molar-refractivity contribution in [1.82, 2.24) is 10.2 Å². The Kier molecular flexibility index (Phi) is 2.10. The van der Waals surface area contributed by atoms with Gasteiger partial charge in [-0.25, -0.2) is 0 Å². The second-order valence-electron chi connectivity index (χ2n) is 4.08. The Hall–Kier alpha value is -0.120. The van der Waals surface area contributed by atoms with Crippen LogP contribution in [0.2, 0.25) is 0 Å². The topological polar surface area (TPSA) is 24.5 Å². The maximum atomic E-state index is 5.73. The summed E-state index contributed by atoms with van der Waals surface area (Å²) in [7, 11) is 0. The highest BCUT2D eigenvalue weighted by atomic mass is 16.5. The molecule has 2 saturated heterocycles. The zero-order valence-electron chi connectivity index (χ0n) is 7.97. The summed E-state index contributed by atoms with van der Waals surface area (Å²) in [5.41, 5.74) is 0.0303. The van der Waals surface area contributed by atoms with Gasteiger partial charge >= 0.3 is 0 Å². The average molecular weight is 170 g/mol. The standard InChI is InChI=1S/C9H18N2O/c1-8(2)11-5-6-12-9(7-11)3-4-10-9/h8,10H,3-7H2,1-2H3/t9-/m0/s1. The Bertz CT molecular complexity index is 166. The van der Waals surface area contributed by atoms with Crippen LogP contribution in [0.4, 0.5) is 0 Å². The number of nitrogens with one attached hydrogen (secondary N) is 1. The lowest BCUT2D eigenvalue weighted by Crippen LogP contribution is -2.68. The summed E-state index contributed by atoms with van der Waals surface area (Å²) < 4.78 is 5.73. The van der Waals surface area contributed by atoms with Crippen LogP contribution in [0.15, 0.2) is 0 Å². The first-order valence-electron chi connectivity index (χ1n) is 4.85. The van der Waals surface area contributed by atoms with Crippen LogP contribution in [0, 0.1) is 0 Å². The van der Waals surface area contributed by atoms with Gasteiger partial charge in [0.2, 0.25) is 0 Å². The van der Waals surface area contributed by atoms with Crippen LogP contribution in [-0.2, 0) is 4.74 Å². The van der Waals surface area contributed by atoms with Crippen molar-refractivity contribution in [1.29, 1.82) is 0 Å². The van der Waals surface area contributed by atoms with E-state index in [9.17, 15) is 0 Å². The molecule has 1 N–H and O–H groups in total. The van der Waals surface area contributed by atoms with Crippen LogP contribution in [0.25, 0.3) is 0 Å². The molecule has 0 amide bonds. The van der Waals surface area contributed by atoms with Crippen molar-refractivity contribution in [3.63, 3.8) is 0 Å². The summed E-state index contributed by atoms with van der Waals surface area (Å²) in [6.07, 6.45) is 1.18. The lowest BCUT2D eigenvalue weighted by molar-refractivity contribution is -0.170. The largest absolute Gasteiger partial charge is 0.358 e. The van der Waals surface area contributed by atoms with Crippen molar-refractivity contribution in [3.8, 4) is 0 Å². The second kappa shape index (κ2) is 2.98. The summed E-state index contributed by atoms with van der Waals surface area (Å²) in [5, 5.41) is 3.38. The monoisotopic (exact) mass is 170 g/mol. The lowest BCUT2D eigenvalue weighted by Gasteiger charge is -2.50. The normalized spacial score (nSPS) is 37.2. The highest BCUT2D eigenvalue weighted by Crippen LogP contribution is 2.25. The number of rotatable bonds is 1. The van der Waals surface area contributed by atoms with E-state index in [-0.39, 0.29) is 5.72 Å². The van der Waals surface area contributed by atoms with Gasteiger partial charge < -0.3 is 4.74 Å². The van der Waals surface area contributed by atoms with Gasteiger partial charge in [0.25, 0.3) is 0 Å². The molecule has 1 spiro atoms. The van der Waals surface area contributed by atoms with E-state index in [2.05, 4.69) is 24.1 Å². The summed E-state index contributed by atoms with van der Waals surface area (Å²) in [6.45, 7) is 8.64. The molecule has 3 nitrogen and oxygen atoms in total. The van der Waals surface area contributed by atoms with Gasteiger partial charge in [-0.3, -0.25) is 10.2 Å². The summed E-state index contributed by atoms with van der Waals surface area (Å²) in [5.74, 6) is 0. The molecule has 0 aliphatic carbocycles. The van der Waals surface area contributed by atoms with Crippen LogP contribution < -0.4 is 5.32 Å². The van der Waals surface area contributed by atoms with Crippen molar-refractivity contribution in [3.05, 3.63) is 0 Å². The molecule has 0 saturated carbocycles. The molecule has 2 heterocycles. The molecule has 2 rings (SSSR count). The zero-order chi connectivity index (χ0) is 8.60. The Morgan fingerprint density at radius 3 is 2.75 bits per heavy atom. The highest BCUT2D eigenvalue weighted by Gasteiger charge is 2.41. The molecule has 0 aromatic rings. The second-order valence-corrected chi connectivity index (χ2v) is 4.08. The van der Waals surface area contributed by atoms with E-state index >= 15 is 0 Å². The van der Waals surface area contributed by atoms with E-state index in [1.54, 1.807) is 0 Å². The minimum Gasteiger partial charge on any atom is -0.358 e. The zero-order valence-corrected chi connectivity index (χ0v) is 7.97. The van der Waals surface area contributed by atoms with Crippen LogP contribution >= 0.6 is 0 Å². The average Bonchev–Trinajstić information content (AvgIpc) is 2.02. The van der Waals surface area contributed by atoms with Gasteiger partial charge in [-0.15, -0.1) is 0 Å². The van der Waals surface area contributed by atoms with Crippen LogP contribution in [0.3, 0.4) is 0 Å². The SMILES string of the molecule is CC(C)N1CCO[C@@]2(CCN2)C1. The maximum absolute atomic E-state index is 5.73. The van der Waals surface area contributed by atoms with Crippen molar-refractivity contribution in [2.24, 2.45) is 0 Å². The minimum absolute atomic E-state index is 0.0303. The molecule has 0 aromatic carbocycles. The van der Waals surface area contributed by atoms with Crippen molar-refractivity contribution >= 4 is 0 Å². The predicted octanol–water partition coefficient (Wildman–Crippen LogP) is 0.417. The molecule has 1 atom stereocenters. The van der Waals surface area contributed by atoms with Crippen LogP contribution in [-0.4, -0.2) is 42.9 Å². The van der Waals surface area contributed by atoms with E-state index in [0.29, 0.717) is 6.04 Å². The Morgan fingerprint density at radius 2 is 2.25 bits per heavy atom. The lowest BCUT2D eigenvalue weighted by atomic mass is 9.99. The van der Waals surface area contributed by atoms with E-state index < -0.39 is 0 Å². The number of ether oxygens (including phenoxy) is 1. The third-order valence-electron chi connectivity index (χ3n) is 2.92. The molecule has 0 bridgehead atoms. The Morgan fingerprint density at radius 1 is 1.50 bits per heavy atom. The van der Waals surface area contributed by atoms with Gasteiger partial charge in [0.15, 0.2) is 0 Å². The van der Waals surface area contributed by atoms with Crippen LogP contribution in [0.1, 0.15) is 20.3 Å². The molecule has 2 aliphatic heterocycles. The highest BCUT2D eigenvalue weighted by molar-refractivity contribution is 4.93. The molecular formula is C9H18N2O. The fourth-order valence-electron chi connectivity index (χ4n) is 1.91. The minimum atomic E-state index is 0.0303. The molecule has 2 fully saturated rings. The Balaban J connectivity index is 1.94. The molecule has 3 heteroatoms. The number of morpholine rings is 1. The molecule has 2 aliphatic rings. The first-order valence-corrected chi connectivity index (χ1v) is 4.85. The van der Waals surface area contributed by atoms with Gasteiger partial charge in [-0.1, -0.05) is 0 Å². The van der Waals surface area contributed by atoms with Crippen LogP contribution in [0.5, 0.6) is 0 Å². The van der Waals surface area contributed by atoms with E-state index in [1.807, 2.05) is 0 Å². The molecule has 70 valence electrons. The van der Waals surface area contributed by atoms with Gasteiger partial charge in [0.05, 0.1) is 6.61 Å². The first kappa shape index (κ1) is 8.48. The smallest absolute Gasteiger partial charge is 0.133 e. The van der Waals surface area contributed by atoms with E-state index in [0.717, 1.165) is 26.2 Å². The fraction of sp³-hybridized carbons (Fsp3) is 1.00. The number of hydrogen-bond acceptors (Lipinski definition) is 3. The van der Waals surface area contributed by atoms with E-state index in [4.69, 9.17) is 4.74 Å². The quantitative estimate of drug-likeness (QED) is 0.617. The molecule has 0 unspecified atom stereocenters. The predicted molar refractivity (Wildman–Crippen MR) is 48.0 cm³/mol. The fourth-order valence-corrected chi connectivity index (χ4v) is 1.91. The van der Waals surface area contributed by atoms with Gasteiger partial charge in [-0.05, 0) is 13.8 Å². The maximum Gasteiger partial charge on any atom is 0.133 e. The number of nitrogens with zero attached hydrogens (tertiary/aromatic N) is 1.